The molecular weight excluding hydrogens is 244 g/mol. The van der Waals surface area contributed by atoms with Gasteiger partial charge in [-0.15, -0.1) is 0 Å². The third kappa shape index (κ3) is 2.57. The number of pyridine rings is 1. The zero-order valence-corrected chi connectivity index (χ0v) is 12.8. The smallest absolute Gasteiger partial charge is 0.0737 e. The van der Waals surface area contributed by atoms with E-state index in [-0.39, 0.29) is 0 Å². The standard InChI is InChI=1S/C18H24N2/c1-4-20-7-5-6-15(12-20)17-10-13(2)8-16-9-14(3)11-19-18(16)17/h8-11,15H,4-7,12H2,1-3H3. The van der Waals surface area contributed by atoms with Gasteiger partial charge in [0.2, 0.25) is 0 Å². The van der Waals surface area contributed by atoms with Crippen molar-refractivity contribution in [3.63, 3.8) is 0 Å². The number of nitrogens with zero attached hydrogens (tertiary/aromatic N) is 2. The maximum Gasteiger partial charge on any atom is 0.0737 e. The van der Waals surface area contributed by atoms with Crippen LogP contribution in [-0.2, 0) is 0 Å². The molecule has 0 aliphatic carbocycles. The first kappa shape index (κ1) is 13.6. The molecule has 1 aromatic carbocycles. The van der Waals surface area contributed by atoms with Crippen LogP contribution in [-0.4, -0.2) is 29.5 Å². The van der Waals surface area contributed by atoms with Gasteiger partial charge in [0.05, 0.1) is 5.52 Å². The molecule has 0 amide bonds. The van der Waals surface area contributed by atoms with Crippen LogP contribution in [0.25, 0.3) is 10.9 Å². The molecule has 0 bridgehead atoms. The fraction of sp³-hybridized carbons (Fsp3) is 0.500. The van der Waals surface area contributed by atoms with Crippen molar-refractivity contribution in [2.75, 3.05) is 19.6 Å². The molecule has 0 radical (unpaired) electrons. The van der Waals surface area contributed by atoms with Gasteiger partial charge in [0.25, 0.3) is 0 Å². The summed E-state index contributed by atoms with van der Waals surface area (Å²) in [4.78, 5) is 7.30. The predicted molar refractivity (Wildman–Crippen MR) is 85.3 cm³/mol. The number of piperidine rings is 1. The highest BCUT2D eigenvalue weighted by Crippen LogP contribution is 2.32. The molecule has 1 unspecified atom stereocenters. The molecular formula is C18H24N2. The number of rotatable bonds is 2. The summed E-state index contributed by atoms with van der Waals surface area (Å²) < 4.78 is 0. The third-order valence-corrected chi connectivity index (χ3v) is 4.49. The van der Waals surface area contributed by atoms with Gasteiger partial charge in [0.1, 0.15) is 0 Å². The highest BCUT2D eigenvalue weighted by atomic mass is 15.1. The molecule has 1 saturated heterocycles. The van der Waals surface area contributed by atoms with Crippen LogP contribution in [0.15, 0.2) is 24.4 Å². The van der Waals surface area contributed by atoms with Crippen molar-refractivity contribution < 1.29 is 0 Å². The normalized spacial score (nSPS) is 20.4. The van der Waals surface area contributed by atoms with Crippen LogP contribution in [0.2, 0.25) is 0 Å². The quantitative estimate of drug-likeness (QED) is 0.817. The Morgan fingerprint density at radius 2 is 2.00 bits per heavy atom. The number of hydrogen-bond acceptors (Lipinski definition) is 2. The Morgan fingerprint density at radius 3 is 2.80 bits per heavy atom. The van der Waals surface area contributed by atoms with Gasteiger partial charge in [-0.05, 0) is 69.0 Å². The van der Waals surface area contributed by atoms with Crippen LogP contribution < -0.4 is 0 Å². The van der Waals surface area contributed by atoms with E-state index >= 15 is 0 Å². The van der Waals surface area contributed by atoms with Gasteiger partial charge in [-0.25, -0.2) is 0 Å². The summed E-state index contributed by atoms with van der Waals surface area (Å²) in [5.41, 5.74) is 5.27. The molecule has 1 aliphatic heterocycles. The molecule has 3 rings (SSSR count). The topological polar surface area (TPSA) is 16.1 Å². The lowest BCUT2D eigenvalue weighted by Gasteiger charge is -2.32. The lowest BCUT2D eigenvalue weighted by Crippen LogP contribution is -2.34. The summed E-state index contributed by atoms with van der Waals surface area (Å²) in [5, 5.41) is 1.30. The van der Waals surface area contributed by atoms with Crippen LogP contribution in [0.4, 0.5) is 0 Å². The first-order valence-corrected chi connectivity index (χ1v) is 7.76. The molecule has 1 fully saturated rings. The van der Waals surface area contributed by atoms with Crippen molar-refractivity contribution in [1.82, 2.24) is 9.88 Å². The Kier molecular flexibility index (Phi) is 3.75. The number of likely N-dealkylation sites (N-methyl/N-ethyl adjacent to an activating group) is 1. The van der Waals surface area contributed by atoms with Crippen molar-refractivity contribution >= 4 is 10.9 Å². The van der Waals surface area contributed by atoms with E-state index in [1.54, 1.807) is 0 Å². The molecule has 0 saturated carbocycles. The Hall–Kier alpha value is -1.41. The van der Waals surface area contributed by atoms with Crippen molar-refractivity contribution in [1.29, 1.82) is 0 Å². The van der Waals surface area contributed by atoms with E-state index in [0.29, 0.717) is 5.92 Å². The van der Waals surface area contributed by atoms with E-state index in [0.717, 1.165) is 6.54 Å². The van der Waals surface area contributed by atoms with Crippen LogP contribution in [0, 0.1) is 13.8 Å². The average molecular weight is 268 g/mol. The van der Waals surface area contributed by atoms with Gasteiger partial charge >= 0.3 is 0 Å². The minimum absolute atomic E-state index is 0.640. The Morgan fingerprint density at radius 1 is 1.20 bits per heavy atom. The molecule has 0 N–H and O–H groups in total. The summed E-state index contributed by atoms with van der Waals surface area (Å²) in [6, 6.07) is 6.88. The number of aromatic nitrogens is 1. The number of hydrogen-bond donors (Lipinski definition) is 0. The fourth-order valence-electron chi connectivity index (χ4n) is 3.45. The molecule has 1 aromatic heterocycles. The lowest BCUT2D eigenvalue weighted by molar-refractivity contribution is 0.218. The molecule has 0 spiro atoms. The number of likely N-dealkylation sites (tertiary alicyclic amines) is 1. The van der Waals surface area contributed by atoms with Crippen molar-refractivity contribution in [3.05, 3.63) is 41.1 Å². The highest BCUT2D eigenvalue weighted by Gasteiger charge is 2.22. The van der Waals surface area contributed by atoms with E-state index < -0.39 is 0 Å². The second-order valence-corrected chi connectivity index (χ2v) is 6.17. The second-order valence-electron chi connectivity index (χ2n) is 6.17. The van der Waals surface area contributed by atoms with E-state index in [9.17, 15) is 0 Å². The monoisotopic (exact) mass is 268 g/mol. The Balaban J connectivity index is 2.06. The molecule has 2 aromatic rings. The zero-order chi connectivity index (χ0) is 14.1. The summed E-state index contributed by atoms with van der Waals surface area (Å²) in [6.07, 6.45) is 4.60. The molecule has 2 heterocycles. The van der Waals surface area contributed by atoms with Gasteiger partial charge in [-0.2, -0.15) is 0 Å². The van der Waals surface area contributed by atoms with E-state index in [1.807, 2.05) is 6.20 Å². The first-order chi connectivity index (χ1) is 9.67. The minimum Gasteiger partial charge on any atom is -0.303 e. The number of fused-ring (bicyclic) bond motifs is 1. The lowest BCUT2D eigenvalue weighted by atomic mass is 9.88. The minimum atomic E-state index is 0.640. The largest absolute Gasteiger partial charge is 0.303 e. The van der Waals surface area contributed by atoms with Gasteiger partial charge in [-0.3, -0.25) is 4.98 Å². The van der Waals surface area contributed by atoms with Gasteiger partial charge in [0.15, 0.2) is 0 Å². The molecule has 1 atom stereocenters. The maximum atomic E-state index is 4.73. The van der Waals surface area contributed by atoms with Gasteiger partial charge in [-0.1, -0.05) is 18.6 Å². The molecule has 2 heteroatoms. The van der Waals surface area contributed by atoms with Crippen LogP contribution in [0.3, 0.4) is 0 Å². The maximum absolute atomic E-state index is 4.73. The fourth-order valence-corrected chi connectivity index (χ4v) is 3.45. The zero-order valence-electron chi connectivity index (χ0n) is 12.8. The molecule has 20 heavy (non-hydrogen) atoms. The third-order valence-electron chi connectivity index (χ3n) is 4.49. The summed E-state index contributed by atoms with van der Waals surface area (Å²) >= 11 is 0. The first-order valence-electron chi connectivity index (χ1n) is 7.76. The average Bonchev–Trinajstić information content (AvgIpc) is 2.46. The van der Waals surface area contributed by atoms with Crippen molar-refractivity contribution in [3.8, 4) is 0 Å². The van der Waals surface area contributed by atoms with Gasteiger partial charge < -0.3 is 4.90 Å². The number of benzene rings is 1. The molecule has 1 aliphatic rings. The van der Waals surface area contributed by atoms with Gasteiger partial charge in [0, 0.05) is 18.1 Å². The van der Waals surface area contributed by atoms with Crippen LogP contribution in [0.1, 0.15) is 42.4 Å². The summed E-state index contributed by atoms with van der Waals surface area (Å²) in [7, 11) is 0. The van der Waals surface area contributed by atoms with Crippen molar-refractivity contribution in [2.45, 2.75) is 39.5 Å². The van der Waals surface area contributed by atoms with Crippen LogP contribution in [0.5, 0.6) is 0 Å². The summed E-state index contributed by atoms with van der Waals surface area (Å²) in [5.74, 6) is 0.640. The van der Waals surface area contributed by atoms with Crippen LogP contribution >= 0.6 is 0 Å². The number of aryl methyl sites for hydroxylation is 2. The Labute approximate surface area is 121 Å². The highest BCUT2D eigenvalue weighted by molar-refractivity contribution is 5.83. The molecule has 2 nitrogen and oxygen atoms in total. The van der Waals surface area contributed by atoms with E-state index in [1.165, 1.54) is 53.5 Å². The Bertz CT molecular complexity index is 613. The van der Waals surface area contributed by atoms with Crippen molar-refractivity contribution in [2.24, 2.45) is 0 Å². The van der Waals surface area contributed by atoms with E-state index in [4.69, 9.17) is 4.98 Å². The predicted octanol–water partition coefficient (Wildman–Crippen LogP) is 4.05. The van der Waals surface area contributed by atoms with E-state index in [2.05, 4.69) is 43.9 Å². The summed E-state index contributed by atoms with van der Waals surface area (Å²) in [6.45, 7) is 10.2. The molecule has 106 valence electrons. The SMILES string of the molecule is CCN1CCCC(c2cc(C)cc3cc(C)cnc23)C1. The second kappa shape index (κ2) is 5.53.